The molecule has 0 amide bonds. The molecular formula is C13H16FN3S. The fraction of sp³-hybridized carbons (Fsp3) is 0.385. The Bertz CT molecular complexity index is 558. The zero-order valence-corrected chi connectivity index (χ0v) is 11.7. The number of rotatable bonds is 2. The molecule has 0 bridgehead atoms. The van der Waals surface area contributed by atoms with Crippen LogP contribution in [-0.2, 0) is 0 Å². The van der Waals surface area contributed by atoms with E-state index < -0.39 is 0 Å². The van der Waals surface area contributed by atoms with E-state index in [1.165, 1.54) is 17.6 Å². The van der Waals surface area contributed by atoms with E-state index >= 15 is 0 Å². The molecule has 3 nitrogen and oxygen atoms in total. The van der Waals surface area contributed by atoms with Crippen molar-refractivity contribution in [3.05, 3.63) is 29.6 Å². The summed E-state index contributed by atoms with van der Waals surface area (Å²) < 4.78 is 17.5. The number of hydrogen-bond donors (Lipinski definition) is 1. The van der Waals surface area contributed by atoms with Gasteiger partial charge in [0.15, 0.2) is 5.82 Å². The Morgan fingerprint density at radius 1 is 1.28 bits per heavy atom. The summed E-state index contributed by atoms with van der Waals surface area (Å²) >= 11 is 1.32. The average Bonchev–Trinajstić information content (AvgIpc) is 2.68. The van der Waals surface area contributed by atoms with Crippen LogP contribution in [-0.4, -0.2) is 14.9 Å². The molecular weight excluding hydrogens is 249 g/mol. The van der Waals surface area contributed by atoms with E-state index in [9.17, 15) is 4.39 Å². The Morgan fingerprint density at radius 2 is 2.00 bits per heavy atom. The van der Waals surface area contributed by atoms with Crippen molar-refractivity contribution in [2.45, 2.75) is 33.2 Å². The largest absolute Gasteiger partial charge is 0.356 e. The highest BCUT2D eigenvalue weighted by atomic mass is 32.1. The van der Waals surface area contributed by atoms with Gasteiger partial charge in [0.25, 0.3) is 0 Å². The molecule has 96 valence electrons. The minimum Gasteiger partial charge on any atom is -0.356 e. The second kappa shape index (κ2) is 4.65. The molecule has 0 aliphatic heterocycles. The molecule has 0 radical (unpaired) electrons. The first kappa shape index (κ1) is 13.0. The molecule has 0 atom stereocenters. The van der Waals surface area contributed by atoms with Crippen molar-refractivity contribution in [1.82, 2.24) is 9.36 Å². The van der Waals surface area contributed by atoms with Crippen LogP contribution >= 0.6 is 11.5 Å². The number of nitrogens with one attached hydrogen (secondary N) is 1. The molecule has 0 fully saturated rings. The Balaban J connectivity index is 2.26. The van der Waals surface area contributed by atoms with Crippen molar-refractivity contribution >= 4 is 16.7 Å². The first-order valence-corrected chi connectivity index (χ1v) is 6.51. The summed E-state index contributed by atoms with van der Waals surface area (Å²) in [7, 11) is 0. The number of aromatic nitrogens is 2. The summed E-state index contributed by atoms with van der Waals surface area (Å²) in [5.41, 5.74) is 1.40. The van der Waals surface area contributed by atoms with E-state index in [4.69, 9.17) is 0 Å². The number of nitrogens with zero attached hydrogens (tertiary/aromatic N) is 2. The lowest BCUT2D eigenvalue weighted by atomic mass is 10.1. The van der Waals surface area contributed by atoms with Gasteiger partial charge in [0.2, 0.25) is 5.13 Å². The van der Waals surface area contributed by atoms with Gasteiger partial charge in [-0.15, -0.1) is 0 Å². The van der Waals surface area contributed by atoms with Crippen molar-refractivity contribution < 1.29 is 4.39 Å². The summed E-state index contributed by atoms with van der Waals surface area (Å²) in [6.07, 6.45) is 0. The van der Waals surface area contributed by atoms with E-state index in [-0.39, 0.29) is 11.4 Å². The first-order valence-electron chi connectivity index (χ1n) is 5.73. The van der Waals surface area contributed by atoms with Crippen LogP contribution < -0.4 is 5.32 Å². The van der Waals surface area contributed by atoms with Crippen LogP contribution in [0.2, 0.25) is 0 Å². The number of aryl methyl sites for hydroxylation is 1. The van der Waals surface area contributed by atoms with E-state index in [2.05, 4.69) is 35.4 Å². The van der Waals surface area contributed by atoms with Crippen molar-refractivity contribution in [2.24, 2.45) is 0 Å². The summed E-state index contributed by atoms with van der Waals surface area (Å²) in [6, 6.07) is 4.91. The van der Waals surface area contributed by atoms with Crippen LogP contribution in [0.5, 0.6) is 0 Å². The average molecular weight is 265 g/mol. The van der Waals surface area contributed by atoms with Crippen LogP contribution in [0.3, 0.4) is 0 Å². The second-order valence-electron chi connectivity index (χ2n) is 5.26. The Labute approximate surface area is 110 Å². The van der Waals surface area contributed by atoms with Crippen LogP contribution in [0.1, 0.15) is 26.3 Å². The summed E-state index contributed by atoms with van der Waals surface area (Å²) in [5.74, 6) is 0.428. The number of anilines is 1. The maximum atomic E-state index is 13.2. The molecule has 2 rings (SSSR count). The van der Waals surface area contributed by atoms with Gasteiger partial charge in [0.1, 0.15) is 5.82 Å². The lowest BCUT2D eigenvalue weighted by Gasteiger charge is -2.18. The summed E-state index contributed by atoms with van der Waals surface area (Å²) in [6.45, 7) is 7.93. The summed E-state index contributed by atoms with van der Waals surface area (Å²) in [4.78, 5) is 4.41. The predicted octanol–water partition coefficient (Wildman–Crippen LogP) is 3.86. The highest BCUT2D eigenvalue weighted by Gasteiger charge is 2.14. The van der Waals surface area contributed by atoms with Crippen molar-refractivity contribution in [1.29, 1.82) is 0 Å². The van der Waals surface area contributed by atoms with Gasteiger partial charge in [-0.2, -0.15) is 9.36 Å². The minimum absolute atomic E-state index is 0.0461. The predicted molar refractivity (Wildman–Crippen MR) is 73.4 cm³/mol. The van der Waals surface area contributed by atoms with E-state index in [0.29, 0.717) is 11.4 Å². The first-order chi connectivity index (χ1) is 8.35. The van der Waals surface area contributed by atoms with Gasteiger partial charge < -0.3 is 5.32 Å². The van der Waals surface area contributed by atoms with Crippen molar-refractivity contribution in [3.63, 3.8) is 0 Å². The fourth-order valence-corrected chi connectivity index (χ4v) is 2.29. The summed E-state index contributed by atoms with van der Waals surface area (Å²) in [5, 5.41) is 4.05. The molecule has 2 aromatic rings. The van der Waals surface area contributed by atoms with Gasteiger partial charge >= 0.3 is 0 Å². The third-order valence-electron chi connectivity index (χ3n) is 2.32. The molecule has 1 aromatic carbocycles. The molecule has 18 heavy (non-hydrogen) atoms. The molecule has 1 aromatic heterocycles. The zero-order valence-electron chi connectivity index (χ0n) is 10.9. The lowest BCUT2D eigenvalue weighted by Crippen LogP contribution is -2.25. The van der Waals surface area contributed by atoms with Gasteiger partial charge in [0.05, 0.1) is 0 Å². The fourth-order valence-electron chi connectivity index (χ4n) is 1.50. The third kappa shape index (κ3) is 3.04. The Hall–Kier alpha value is -1.49. The Kier molecular flexibility index (Phi) is 3.34. The number of halogens is 1. The highest BCUT2D eigenvalue weighted by Crippen LogP contribution is 2.24. The normalized spacial score (nSPS) is 11.6. The smallest absolute Gasteiger partial charge is 0.203 e. The Morgan fingerprint density at radius 3 is 2.61 bits per heavy atom. The standard InChI is InChI=1S/C13H16FN3S/c1-8-7-9(5-6-10(8)14)11-15-12(18-17-11)16-13(2,3)4/h5-7H,1-4H3,(H,15,16,17). The van der Waals surface area contributed by atoms with Crippen molar-refractivity contribution in [3.8, 4) is 11.4 Å². The molecule has 0 unspecified atom stereocenters. The van der Waals surface area contributed by atoms with Gasteiger partial charge in [-0.05, 0) is 51.5 Å². The molecule has 1 N–H and O–H groups in total. The molecule has 1 heterocycles. The molecule has 0 saturated heterocycles. The second-order valence-corrected chi connectivity index (χ2v) is 6.01. The van der Waals surface area contributed by atoms with Gasteiger partial charge in [-0.3, -0.25) is 0 Å². The maximum Gasteiger partial charge on any atom is 0.203 e. The zero-order chi connectivity index (χ0) is 13.3. The van der Waals surface area contributed by atoms with Crippen LogP contribution in [0.15, 0.2) is 18.2 Å². The highest BCUT2D eigenvalue weighted by molar-refractivity contribution is 7.09. The van der Waals surface area contributed by atoms with Crippen molar-refractivity contribution in [2.75, 3.05) is 5.32 Å². The third-order valence-corrected chi connectivity index (χ3v) is 2.95. The molecule has 0 spiro atoms. The molecule has 5 heteroatoms. The van der Waals surface area contributed by atoms with Crippen LogP contribution in [0.4, 0.5) is 9.52 Å². The van der Waals surface area contributed by atoms with E-state index in [1.54, 1.807) is 19.1 Å². The van der Waals surface area contributed by atoms with Gasteiger partial charge in [-0.25, -0.2) is 4.39 Å². The molecule has 0 saturated carbocycles. The van der Waals surface area contributed by atoms with Gasteiger partial charge in [-0.1, -0.05) is 0 Å². The van der Waals surface area contributed by atoms with Crippen LogP contribution in [0.25, 0.3) is 11.4 Å². The monoisotopic (exact) mass is 265 g/mol. The maximum absolute atomic E-state index is 13.2. The quantitative estimate of drug-likeness (QED) is 0.896. The topological polar surface area (TPSA) is 37.8 Å². The minimum atomic E-state index is -0.206. The lowest BCUT2D eigenvalue weighted by molar-refractivity contribution is 0.618. The van der Waals surface area contributed by atoms with E-state index in [0.717, 1.165) is 10.7 Å². The number of hydrogen-bond acceptors (Lipinski definition) is 4. The van der Waals surface area contributed by atoms with E-state index in [1.807, 2.05) is 0 Å². The molecule has 0 aliphatic carbocycles. The SMILES string of the molecule is Cc1cc(-c2nsc(NC(C)(C)C)n2)ccc1F. The number of benzene rings is 1. The molecule has 0 aliphatic rings. The van der Waals surface area contributed by atoms with Gasteiger partial charge in [0, 0.05) is 22.6 Å². The van der Waals surface area contributed by atoms with Crippen LogP contribution in [0, 0.1) is 12.7 Å².